The molecule has 2 aromatic heterocycles. The molecule has 8 aromatic rings. The first kappa shape index (κ1) is 30.2. The molecule has 1 aliphatic carbocycles. The zero-order valence-corrected chi connectivity index (χ0v) is 28.8. The molecule has 0 saturated carbocycles. The minimum Gasteiger partial charge on any atom is -0.456 e. The zero-order valence-electron chi connectivity index (χ0n) is 28.8. The Labute approximate surface area is 303 Å². The van der Waals surface area contributed by atoms with Gasteiger partial charge in [-0.3, -0.25) is 4.98 Å². The van der Waals surface area contributed by atoms with E-state index in [0.717, 1.165) is 56.3 Å². The minimum atomic E-state index is -0.612. The molecule has 1 atom stereocenters. The molecule has 4 nitrogen and oxygen atoms in total. The molecular formula is C48H33N3O. The molecule has 1 spiro atoms. The molecule has 0 radical (unpaired) electrons. The molecule has 0 fully saturated rings. The maximum absolute atomic E-state index is 6.98. The van der Waals surface area contributed by atoms with Gasteiger partial charge in [-0.1, -0.05) is 121 Å². The van der Waals surface area contributed by atoms with Gasteiger partial charge in [0.05, 0.1) is 16.8 Å². The lowest BCUT2D eigenvalue weighted by Gasteiger charge is -2.40. The van der Waals surface area contributed by atoms with Crippen molar-refractivity contribution in [1.29, 1.82) is 0 Å². The van der Waals surface area contributed by atoms with Gasteiger partial charge in [-0.2, -0.15) is 0 Å². The number of fused-ring (bicyclic) bond motifs is 9. The summed E-state index contributed by atoms with van der Waals surface area (Å²) in [5, 5.41) is 0. The molecule has 2 aliphatic rings. The topological polar surface area (TPSA) is 47.9 Å². The van der Waals surface area contributed by atoms with Crippen LogP contribution in [0.25, 0.3) is 55.9 Å². The predicted molar refractivity (Wildman–Crippen MR) is 208 cm³/mol. The van der Waals surface area contributed by atoms with Crippen molar-refractivity contribution >= 4 is 0 Å². The van der Waals surface area contributed by atoms with Gasteiger partial charge in [0.25, 0.3) is 0 Å². The molecule has 6 aromatic carbocycles. The monoisotopic (exact) mass is 667 g/mol. The molecule has 3 heterocycles. The van der Waals surface area contributed by atoms with Crippen molar-refractivity contribution in [3.8, 4) is 67.4 Å². The summed E-state index contributed by atoms with van der Waals surface area (Å²) >= 11 is 0. The molecule has 1 unspecified atom stereocenters. The Morgan fingerprint density at radius 2 is 1.13 bits per heavy atom. The zero-order chi connectivity index (χ0) is 34.8. The van der Waals surface area contributed by atoms with Crippen molar-refractivity contribution in [2.24, 2.45) is 0 Å². The highest BCUT2D eigenvalue weighted by Gasteiger charge is 2.51. The van der Waals surface area contributed by atoms with Crippen LogP contribution in [-0.2, 0) is 5.41 Å². The third-order valence-corrected chi connectivity index (χ3v) is 10.7. The number of hydrogen-bond acceptors (Lipinski definition) is 4. The first-order chi connectivity index (χ1) is 25.6. The average molecular weight is 668 g/mol. The van der Waals surface area contributed by atoms with Gasteiger partial charge in [-0.25, -0.2) is 9.97 Å². The Morgan fingerprint density at radius 3 is 1.98 bits per heavy atom. The largest absolute Gasteiger partial charge is 0.456 e. The molecule has 0 N–H and O–H groups in total. The van der Waals surface area contributed by atoms with E-state index in [-0.39, 0.29) is 0 Å². The highest BCUT2D eigenvalue weighted by molar-refractivity contribution is 5.92. The van der Waals surface area contributed by atoms with E-state index in [2.05, 4.69) is 145 Å². The van der Waals surface area contributed by atoms with E-state index in [0.29, 0.717) is 5.82 Å². The lowest BCUT2D eigenvalue weighted by molar-refractivity contribution is 0.438. The summed E-state index contributed by atoms with van der Waals surface area (Å²) in [4.78, 5) is 14.2. The van der Waals surface area contributed by atoms with E-state index >= 15 is 0 Å². The average Bonchev–Trinajstić information content (AvgIpc) is 3.48. The van der Waals surface area contributed by atoms with Crippen molar-refractivity contribution in [1.82, 2.24) is 15.0 Å². The van der Waals surface area contributed by atoms with Gasteiger partial charge in [-0.15, -0.1) is 0 Å². The number of para-hydroxylation sites is 2. The van der Waals surface area contributed by atoms with Gasteiger partial charge in [0, 0.05) is 40.2 Å². The van der Waals surface area contributed by atoms with Crippen LogP contribution in [0.15, 0.2) is 164 Å². The van der Waals surface area contributed by atoms with E-state index in [9.17, 15) is 0 Å². The fourth-order valence-electron chi connectivity index (χ4n) is 8.37. The standard InChI is InChI=1S/C48H33N3O/c1-30-25-26-49-29-39(30)33-21-19-32(20-22-33)35-23-24-37-36-13-6-7-15-40(36)48(43(37)27-35)41-16-8-9-18-46(41)52-47-38(14-10-17-42(47)48)45-28-44(50-31(2)51-45)34-11-4-3-5-12-34/h3-29H,1-2H3. The van der Waals surface area contributed by atoms with Gasteiger partial charge >= 0.3 is 0 Å². The van der Waals surface area contributed by atoms with Crippen LogP contribution >= 0.6 is 0 Å². The summed E-state index contributed by atoms with van der Waals surface area (Å²) in [7, 11) is 0. The number of benzene rings is 6. The Bertz CT molecular complexity index is 2680. The summed E-state index contributed by atoms with van der Waals surface area (Å²) < 4.78 is 6.98. The maximum atomic E-state index is 6.98. The molecule has 1 aliphatic heterocycles. The number of aromatic nitrogens is 3. The lowest BCUT2D eigenvalue weighted by Crippen LogP contribution is -2.32. The first-order valence-corrected chi connectivity index (χ1v) is 17.7. The number of aryl methyl sites for hydroxylation is 2. The van der Waals surface area contributed by atoms with Crippen LogP contribution in [0.4, 0.5) is 0 Å². The SMILES string of the molecule is Cc1nc(-c2ccccc2)cc(-c2cccc3c2Oc2ccccc2C32c3ccccc3-c3ccc(-c4ccc(-c5cnccc5C)cc4)cc32)n1. The van der Waals surface area contributed by atoms with Crippen molar-refractivity contribution in [2.45, 2.75) is 19.3 Å². The van der Waals surface area contributed by atoms with Crippen LogP contribution in [0.5, 0.6) is 11.5 Å². The summed E-state index contributed by atoms with van der Waals surface area (Å²) in [6, 6.07) is 54.2. The number of ether oxygens (including phenoxy) is 1. The summed E-state index contributed by atoms with van der Waals surface area (Å²) in [6.07, 6.45) is 3.79. The predicted octanol–water partition coefficient (Wildman–Crippen LogP) is 11.6. The smallest absolute Gasteiger partial charge is 0.141 e. The molecule has 0 bridgehead atoms. The Morgan fingerprint density at radius 1 is 0.462 bits per heavy atom. The lowest BCUT2D eigenvalue weighted by atomic mass is 9.65. The summed E-state index contributed by atoms with van der Waals surface area (Å²) in [5.41, 5.74) is 16.2. The number of hydrogen-bond donors (Lipinski definition) is 0. The maximum Gasteiger partial charge on any atom is 0.141 e. The van der Waals surface area contributed by atoms with Crippen LogP contribution in [0.2, 0.25) is 0 Å². The molecule has 52 heavy (non-hydrogen) atoms. The van der Waals surface area contributed by atoms with E-state index < -0.39 is 5.41 Å². The number of pyridine rings is 1. The highest BCUT2D eigenvalue weighted by atomic mass is 16.5. The van der Waals surface area contributed by atoms with E-state index in [1.54, 1.807) is 0 Å². The molecule has 246 valence electrons. The van der Waals surface area contributed by atoms with Crippen LogP contribution in [-0.4, -0.2) is 15.0 Å². The van der Waals surface area contributed by atoms with Crippen LogP contribution in [0, 0.1) is 13.8 Å². The van der Waals surface area contributed by atoms with Crippen LogP contribution < -0.4 is 4.74 Å². The van der Waals surface area contributed by atoms with Crippen molar-refractivity contribution < 1.29 is 4.74 Å². The fraction of sp³-hybridized carbons (Fsp3) is 0.0625. The second-order valence-electron chi connectivity index (χ2n) is 13.7. The van der Waals surface area contributed by atoms with Crippen LogP contribution in [0.1, 0.15) is 33.6 Å². The molecule has 4 heteroatoms. The number of nitrogens with zero attached hydrogens (tertiary/aromatic N) is 3. The van der Waals surface area contributed by atoms with E-state index in [1.165, 1.54) is 38.9 Å². The quantitative estimate of drug-likeness (QED) is 0.187. The Kier molecular flexibility index (Phi) is 6.80. The third kappa shape index (κ3) is 4.51. The molecule has 10 rings (SSSR count). The van der Waals surface area contributed by atoms with E-state index in [4.69, 9.17) is 14.7 Å². The minimum absolute atomic E-state index is 0.612. The Balaban J connectivity index is 1.20. The second-order valence-corrected chi connectivity index (χ2v) is 13.7. The third-order valence-electron chi connectivity index (χ3n) is 10.7. The molecule has 0 saturated heterocycles. The van der Waals surface area contributed by atoms with Crippen molar-refractivity contribution in [3.63, 3.8) is 0 Å². The van der Waals surface area contributed by atoms with Gasteiger partial charge in [0.15, 0.2) is 0 Å². The molecule has 0 amide bonds. The normalized spacial score (nSPS) is 15.0. The van der Waals surface area contributed by atoms with Crippen molar-refractivity contribution in [3.05, 3.63) is 198 Å². The fourth-order valence-corrected chi connectivity index (χ4v) is 8.37. The van der Waals surface area contributed by atoms with Crippen LogP contribution in [0.3, 0.4) is 0 Å². The molecular weight excluding hydrogens is 635 g/mol. The summed E-state index contributed by atoms with van der Waals surface area (Å²) in [5.74, 6) is 2.38. The highest BCUT2D eigenvalue weighted by Crippen LogP contribution is 2.63. The number of rotatable bonds is 4. The van der Waals surface area contributed by atoms with Gasteiger partial charge in [-0.05, 0) is 88.7 Å². The van der Waals surface area contributed by atoms with Crippen molar-refractivity contribution in [2.75, 3.05) is 0 Å². The second kappa shape index (κ2) is 11.7. The van der Waals surface area contributed by atoms with E-state index in [1.807, 2.05) is 37.5 Å². The Hall–Kier alpha value is -6.65. The summed E-state index contributed by atoms with van der Waals surface area (Å²) in [6.45, 7) is 4.09. The van der Waals surface area contributed by atoms with Gasteiger partial charge in [0.2, 0.25) is 0 Å². The first-order valence-electron chi connectivity index (χ1n) is 17.7. The van der Waals surface area contributed by atoms with Gasteiger partial charge in [0.1, 0.15) is 17.3 Å². The van der Waals surface area contributed by atoms with Gasteiger partial charge < -0.3 is 4.74 Å².